The molecule has 2 aliphatic heterocycles. The number of carbonyl (C=O) groups excluding carboxylic acids is 2. The number of rotatable bonds is 5. The molecule has 18 heavy (non-hydrogen) atoms. The second-order valence-corrected chi connectivity index (χ2v) is 7.13. The standard InChI is InChI=1S/C10H12N2O2S4/c13-7-5-17-9(15)11(7)3-1-2-4-12-8(14)6-18-10(12)16/h1-6H2. The summed E-state index contributed by atoms with van der Waals surface area (Å²) in [5.41, 5.74) is 0. The zero-order chi connectivity index (χ0) is 13.1. The topological polar surface area (TPSA) is 40.6 Å². The Kier molecular flexibility index (Phi) is 4.99. The lowest BCUT2D eigenvalue weighted by Gasteiger charge is -2.17. The first-order valence-corrected chi connectivity index (χ1v) is 8.32. The number of carbonyl (C=O) groups is 2. The molecule has 0 unspecified atom stereocenters. The Morgan fingerprint density at radius 3 is 1.56 bits per heavy atom. The number of unbranched alkanes of at least 4 members (excludes halogenated alkanes) is 1. The van der Waals surface area contributed by atoms with Crippen LogP contribution in [0.1, 0.15) is 12.8 Å². The van der Waals surface area contributed by atoms with Crippen LogP contribution in [0.5, 0.6) is 0 Å². The molecule has 8 heteroatoms. The van der Waals surface area contributed by atoms with E-state index in [1.165, 1.54) is 23.5 Å². The molecule has 0 aromatic carbocycles. The quantitative estimate of drug-likeness (QED) is 0.565. The van der Waals surface area contributed by atoms with Crippen molar-refractivity contribution in [2.45, 2.75) is 12.8 Å². The van der Waals surface area contributed by atoms with Crippen LogP contribution < -0.4 is 0 Å². The van der Waals surface area contributed by atoms with Gasteiger partial charge in [0.05, 0.1) is 11.5 Å². The molecular weight excluding hydrogens is 308 g/mol. The van der Waals surface area contributed by atoms with Gasteiger partial charge in [0.1, 0.15) is 8.64 Å². The van der Waals surface area contributed by atoms with Gasteiger partial charge in [-0.3, -0.25) is 19.4 Å². The molecule has 0 bridgehead atoms. The van der Waals surface area contributed by atoms with Crippen molar-refractivity contribution in [2.75, 3.05) is 24.6 Å². The average molecular weight is 320 g/mol. The van der Waals surface area contributed by atoms with Gasteiger partial charge >= 0.3 is 0 Å². The van der Waals surface area contributed by atoms with E-state index in [0.29, 0.717) is 33.2 Å². The van der Waals surface area contributed by atoms with Gasteiger partial charge in [0.2, 0.25) is 11.8 Å². The van der Waals surface area contributed by atoms with Crippen LogP contribution in [-0.4, -0.2) is 54.9 Å². The highest BCUT2D eigenvalue weighted by molar-refractivity contribution is 8.24. The number of hydrogen-bond acceptors (Lipinski definition) is 6. The fourth-order valence-electron chi connectivity index (χ4n) is 1.73. The normalized spacial score (nSPS) is 20.4. The molecule has 0 aliphatic carbocycles. The van der Waals surface area contributed by atoms with Gasteiger partial charge < -0.3 is 0 Å². The molecule has 0 saturated carbocycles. The van der Waals surface area contributed by atoms with Crippen LogP contribution in [0.3, 0.4) is 0 Å². The predicted octanol–water partition coefficient (Wildman–Crippen LogP) is 1.49. The Morgan fingerprint density at radius 2 is 1.28 bits per heavy atom. The molecule has 0 spiro atoms. The van der Waals surface area contributed by atoms with Gasteiger partial charge in [0.15, 0.2) is 0 Å². The monoisotopic (exact) mass is 320 g/mol. The molecule has 2 amide bonds. The van der Waals surface area contributed by atoms with E-state index in [0.717, 1.165) is 12.8 Å². The predicted molar refractivity (Wildman–Crippen MR) is 82.8 cm³/mol. The molecule has 2 rings (SSSR count). The van der Waals surface area contributed by atoms with Crippen molar-refractivity contribution in [3.8, 4) is 0 Å². The number of amides is 2. The lowest BCUT2D eigenvalue weighted by Crippen LogP contribution is -2.32. The maximum absolute atomic E-state index is 11.5. The lowest BCUT2D eigenvalue weighted by molar-refractivity contribution is -0.125. The van der Waals surface area contributed by atoms with Gasteiger partial charge in [-0.25, -0.2) is 0 Å². The number of hydrogen-bond donors (Lipinski definition) is 0. The van der Waals surface area contributed by atoms with E-state index >= 15 is 0 Å². The van der Waals surface area contributed by atoms with Crippen LogP contribution in [0.2, 0.25) is 0 Å². The molecule has 4 nitrogen and oxygen atoms in total. The van der Waals surface area contributed by atoms with E-state index in [4.69, 9.17) is 24.4 Å². The van der Waals surface area contributed by atoms with E-state index < -0.39 is 0 Å². The molecule has 0 aromatic heterocycles. The van der Waals surface area contributed by atoms with Gasteiger partial charge in [-0.15, -0.1) is 0 Å². The molecular formula is C10H12N2O2S4. The second-order valence-electron chi connectivity index (χ2n) is 3.91. The Labute approximate surface area is 125 Å². The number of nitrogens with zero attached hydrogens (tertiary/aromatic N) is 2. The van der Waals surface area contributed by atoms with E-state index in [1.807, 2.05) is 0 Å². The molecule has 2 saturated heterocycles. The molecule has 2 heterocycles. The molecule has 2 fully saturated rings. The zero-order valence-electron chi connectivity index (χ0n) is 9.59. The van der Waals surface area contributed by atoms with Crippen molar-refractivity contribution in [2.24, 2.45) is 0 Å². The highest BCUT2D eigenvalue weighted by atomic mass is 32.2. The van der Waals surface area contributed by atoms with Crippen molar-refractivity contribution in [1.29, 1.82) is 0 Å². The van der Waals surface area contributed by atoms with Crippen LogP contribution in [0.25, 0.3) is 0 Å². The summed E-state index contributed by atoms with van der Waals surface area (Å²) in [4.78, 5) is 26.2. The van der Waals surface area contributed by atoms with Crippen LogP contribution in [0.15, 0.2) is 0 Å². The number of thiocarbonyl (C=S) groups is 2. The van der Waals surface area contributed by atoms with Gasteiger partial charge in [-0.1, -0.05) is 48.0 Å². The first kappa shape index (κ1) is 14.2. The summed E-state index contributed by atoms with van der Waals surface area (Å²) in [6.45, 7) is 1.29. The first-order valence-electron chi connectivity index (χ1n) is 5.54. The molecule has 98 valence electrons. The Hall–Kier alpha value is -0.180. The SMILES string of the molecule is O=C1CSC(=S)N1CCCCN1C(=O)CSC1=S. The fourth-order valence-corrected chi connectivity index (χ4v) is 3.98. The summed E-state index contributed by atoms with van der Waals surface area (Å²) >= 11 is 13.0. The summed E-state index contributed by atoms with van der Waals surface area (Å²) in [5, 5.41) is 0. The van der Waals surface area contributed by atoms with Crippen molar-refractivity contribution in [1.82, 2.24) is 9.80 Å². The van der Waals surface area contributed by atoms with E-state index in [-0.39, 0.29) is 11.8 Å². The Bertz CT molecular complexity index is 343. The third kappa shape index (κ3) is 3.23. The minimum atomic E-state index is 0.0910. The number of thioether (sulfide) groups is 2. The Morgan fingerprint density at radius 1 is 0.889 bits per heavy atom. The van der Waals surface area contributed by atoms with Crippen LogP contribution in [0.4, 0.5) is 0 Å². The van der Waals surface area contributed by atoms with E-state index in [1.54, 1.807) is 9.80 Å². The summed E-state index contributed by atoms with van der Waals surface area (Å²) in [6.07, 6.45) is 1.67. The highest BCUT2D eigenvalue weighted by Crippen LogP contribution is 2.21. The third-order valence-corrected chi connectivity index (χ3v) is 5.56. The lowest BCUT2D eigenvalue weighted by atomic mass is 10.3. The zero-order valence-corrected chi connectivity index (χ0v) is 12.9. The van der Waals surface area contributed by atoms with E-state index in [9.17, 15) is 9.59 Å². The van der Waals surface area contributed by atoms with Crippen molar-refractivity contribution >= 4 is 68.4 Å². The summed E-state index contributed by atoms with van der Waals surface area (Å²) in [6, 6.07) is 0. The largest absolute Gasteiger partial charge is 0.297 e. The fraction of sp³-hybridized carbons (Fsp3) is 0.600. The van der Waals surface area contributed by atoms with Gasteiger partial charge in [0, 0.05) is 13.1 Å². The van der Waals surface area contributed by atoms with Crippen molar-refractivity contribution in [3.63, 3.8) is 0 Å². The third-order valence-electron chi connectivity index (χ3n) is 2.69. The maximum atomic E-state index is 11.5. The summed E-state index contributed by atoms with van der Waals surface area (Å²) in [5.74, 6) is 1.11. The smallest absolute Gasteiger partial charge is 0.238 e. The van der Waals surface area contributed by atoms with Crippen LogP contribution in [0, 0.1) is 0 Å². The average Bonchev–Trinajstić information content (AvgIpc) is 2.82. The van der Waals surface area contributed by atoms with Gasteiger partial charge in [-0.05, 0) is 12.8 Å². The van der Waals surface area contributed by atoms with Gasteiger partial charge in [0.25, 0.3) is 0 Å². The molecule has 2 aliphatic rings. The molecule has 0 N–H and O–H groups in total. The minimum absolute atomic E-state index is 0.0910. The maximum Gasteiger partial charge on any atom is 0.238 e. The van der Waals surface area contributed by atoms with Crippen LogP contribution >= 0.6 is 48.0 Å². The highest BCUT2D eigenvalue weighted by Gasteiger charge is 2.27. The minimum Gasteiger partial charge on any atom is -0.297 e. The van der Waals surface area contributed by atoms with Crippen molar-refractivity contribution in [3.05, 3.63) is 0 Å². The van der Waals surface area contributed by atoms with E-state index in [2.05, 4.69) is 0 Å². The first-order chi connectivity index (χ1) is 8.59. The summed E-state index contributed by atoms with van der Waals surface area (Å²) < 4.78 is 1.34. The second kappa shape index (κ2) is 6.31. The Balaban J connectivity index is 1.70. The van der Waals surface area contributed by atoms with Crippen LogP contribution in [-0.2, 0) is 9.59 Å². The van der Waals surface area contributed by atoms with Gasteiger partial charge in [-0.2, -0.15) is 0 Å². The van der Waals surface area contributed by atoms with Crippen molar-refractivity contribution < 1.29 is 9.59 Å². The molecule has 0 aromatic rings. The molecule has 0 atom stereocenters. The summed E-state index contributed by atoms with van der Waals surface area (Å²) in [7, 11) is 0. The molecule has 0 radical (unpaired) electrons.